The number of thioether (sulfide) groups is 1. The molecule has 1 aromatic carbocycles. The molecule has 17 heavy (non-hydrogen) atoms. The summed E-state index contributed by atoms with van der Waals surface area (Å²) in [5, 5.41) is 13.3. The topological polar surface area (TPSA) is 33.1 Å². The summed E-state index contributed by atoms with van der Waals surface area (Å²) in [6.07, 6.45) is 2.14. The van der Waals surface area contributed by atoms with E-state index in [0.717, 1.165) is 21.2 Å². The maximum absolute atomic E-state index is 10.2. The number of thiazole rings is 1. The van der Waals surface area contributed by atoms with Gasteiger partial charge in [0.1, 0.15) is 0 Å². The van der Waals surface area contributed by atoms with Gasteiger partial charge in [0.2, 0.25) is 0 Å². The second-order valence-electron chi connectivity index (χ2n) is 3.82. The average Bonchev–Trinajstić information content (AvgIpc) is 2.74. The molecule has 1 heterocycles. The molecule has 1 aromatic heterocycles. The maximum Gasteiger partial charge on any atom is 0.0897 e. The third-order valence-corrected chi connectivity index (χ3v) is 4.20. The molecule has 0 saturated carbocycles. The van der Waals surface area contributed by atoms with Crippen LogP contribution in [0, 0.1) is 6.92 Å². The second-order valence-corrected chi connectivity index (χ2v) is 5.73. The van der Waals surface area contributed by atoms with Gasteiger partial charge in [0.05, 0.1) is 16.8 Å². The number of hydrogen-bond acceptors (Lipinski definition) is 4. The highest BCUT2D eigenvalue weighted by Crippen LogP contribution is 2.28. The summed E-state index contributed by atoms with van der Waals surface area (Å²) < 4.78 is 0. The van der Waals surface area contributed by atoms with Gasteiger partial charge in [0.15, 0.2) is 0 Å². The minimum absolute atomic E-state index is 0.472. The molecule has 0 spiro atoms. The molecule has 0 fully saturated rings. The highest BCUT2D eigenvalue weighted by molar-refractivity contribution is 7.98. The van der Waals surface area contributed by atoms with Gasteiger partial charge in [-0.05, 0) is 24.8 Å². The zero-order chi connectivity index (χ0) is 12.3. The Balaban J connectivity index is 2.16. The van der Waals surface area contributed by atoms with Gasteiger partial charge in [0, 0.05) is 16.7 Å². The van der Waals surface area contributed by atoms with E-state index in [-0.39, 0.29) is 0 Å². The summed E-state index contributed by atoms with van der Waals surface area (Å²) in [5.74, 6) is 0. The molecule has 2 rings (SSSR count). The van der Waals surface area contributed by atoms with Crippen LogP contribution in [-0.4, -0.2) is 16.3 Å². The minimum atomic E-state index is -0.472. The van der Waals surface area contributed by atoms with Gasteiger partial charge >= 0.3 is 0 Å². The molecular weight excluding hydrogens is 250 g/mol. The SMILES string of the molecule is CSc1ccccc1C(O)Cc1csc(C)n1. The number of aromatic nitrogens is 1. The molecule has 1 N–H and O–H groups in total. The molecule has 0 aliphatic carbocycles. The van der Waals surface area contributed by atoms with E-state index in [1.54, 1.807) is 23.1 Å². The van der Waals surface area contributed by atoms with Gasteiger partial charge < -0.3 is 5.11 Å². The van der Waals surface area contributed by atoms with Crippen LogP contribution in [0.2, 0.25) is 0 Å². The van der Waals surface area contributed by atoms with Crippen molar-refractivity contribution in [1.82, 2.24) is 4.98 Å². The van der Waals surface area contributed by atoms with Crippen molar-refractivity contribution in [2.45, 2.75) is 24.3 Å². The zero-order valence-corrected chi connectivity index (χ0v) is 11.5. The first kappa shape index (κ1) is 12.6. The third kappa shape index (κ3) is 3.09. The fourth-order valence-electron chi connectivity index (χ4n) is 1.75. The predicted molar refractivity (Wildman–Crippen MR) is 73.7 cm³/mol. The van der Waals surface area contributed by atoms with Crippen LogP contribution in [-0.2, 0) is 6.42 Å². The second kappa shape index (κ2) is 5.67. The van der Waals surface area contributed by atoms with Crippen LogP contribution in [0.25, 0.3) is 0 Å². The molecular formula is C13H15NOS2. The number of aliphatic hydroxyl groups is 1. The number of nitrogens with zero attached hydrogens (tertiary/aromatic N) is 1. The Morgan fingerprint density at radius 2 is 2.18 bits per heavy atom. The number of benzene rings is 1. The number of aliphatic hydroxyl groups excluding tert-OH is 1. The van der Waals surface area contributed by atoms with Crippen LogP contribution >= 0.6 is 23.1 Å². The molecule has 2 aromatic rings. The lowest BCUT2D eigenvalue weighted by atomic mass is 10.1. The van der Waals surface area contributed by atoms with Gasteiger partial charge in [-0.2, -0.15) is 0 Å². The number of aryl methyl sites for hydroxylation is 1. The van der Waals surface area contributed by atoms with Crippen molar-refractivity contribution in [3.05, 3.63) is 45.9 Å². The van der Waals surface area contributed by atoms with Crippen LogP contribution in [0.15, 0.2) is 34.5 Å². The first-order valence-corrected chi connectivity index (χ1v) is 7.53. The number of hydrogen-bond donors (Lipinski definition) is 1. The van der Waals surface area contributed by atoms with Gasteiger partial charge in [-0.15, -0.1) is 23.1 Å². The summed E-state index contributed by atoms with van der Waals surface area (Å²) in [4.78, 5) is 5.51. The Bertz CT molecular complexity index is 496. The lowest BCUT2D eigenvalue weighted by molar-refractivity contribution is 0.174. The van der Waals surface area contributed by atoms with Crippen LogP contribution in [0.3, 0.4) is 0 Å². The van der Waals surface area contributed by atoms with E-state index in [2.05, 4.69) is 4.98 Å². The minimum Gasteiger partial charge on any atom is -0.388 e. The third-order valence-electron chi connectivity index (χ3n) is 2.57. The number of rotatable bonds is 4. The van der Waals surface area contributed by atoms with E-state index in [0.29, 0.717) is 6.42 Å². The highest BCUT2D eigenvalue weighted by Gasteiger charge is 2.13. The van der Waals surface area contributed by atoms with Crippen molar-refractivity contribution in [2.75, 3.05) is 6.26 Å². The van der Waals surface area contributed by atoms with Crippen molar-refractivity contribution in [2.24, 2.45) is 0 Å². The first-order valence-electron chi connectivity index (χ1n) is 5.42. The molecule has 1 unspecified atom stereocenters. The molecule has 0 bridgehead atoms. The van der Waals surface area contributed by atoms with E-state index in [4.69, 9.17) is 0 Å². The quantitative estimate of drug-likeness (QED) is 0.860. The summed E-state index contributed by atoms with van der Waals surface area (Å²) in [6.45, 7) is 1.98. The standard InChI is InChI=1S/C13H15NOS2/c1-9-14-10(8-17-9)7-12(15)11-5-3-4-6-13(11)16-2/h3-6,8,12,15H,7H2,1-2H3. The molecule has 4 heteroatoms. The fourth-order valence-corrected chi connectivity index (χ4v) is 3.03. The van der Waals surface area contributed by atoms with Crippen molar-refractivity contribution < 1.29 is 5.11 Å². The van der Waals surface area contributed by atoms with Crippen molar-refractivity contribution in [3.63, 3.8) is 0 Å². The highest BCUT2D eigenvalue weighted by atomic mass is 32.2. The van der Waals surface area contributed by atoms with E-state index in [1.807, 2.05) is 42.8 Å². The van der Waals surface area contributed by atoms with Crippen LogP contribution in [0.1, 0.15) is 22.4 Å². The van der Waals surface area contributed by atoms with Crippen LogP contribution in [0.5, 0.6) is 0 Å². The van der Waals surface area contributed by atoms with Gasteiger partial charge in [0.25, 0.3) is 0 Å². The van der Waals surface area contributed by atoms with Gasteiger partial charge in [-0.3, -0.25) is 0 Å². The Morgan fingerprint density at radius 3 is 2.82 bits per heavy atom. The Kier molecular flexibility index (Phi) is 4.20. The molecule has 0 aliphatic heterocycles. The Hall–Kier alpha value is -0.840. The molecule has 0 radical (unpaired) electrons. The van der Waals surface area contributed by atoms with Crippen molar-refractivity contribution in [1.29, 1.82) is 0 Å². The summed E-state index contributed by atoms with van der Waals surface area (Å²) in [7, 11) is 0. The average molecular weight is 265 g/mol. The molecule has 90 valence electrons. The maximum atomic E-state index is 10.2. The van der Waals surface area contributed by atoms with E-state index < -0.39 is 6.10 Å². The Labute approximate surface area is 110 Å². The molecule has 0 aliphatic rings. The monoisotopic (exact) mass is 265 g/mol. The predicted octanol–water partition coefficient (Wildman–Crippen LogP) is 3.45. The zero-order valence-electron chi connectivity index (χ0n) is 9.88. The summed E-state index contributed by atoms with van der Waals surface area (Å²) >= 11 is 3.29. The van der Waals surface area contributed by atoms with Crippen molar-refractivity contribution in [3.8, 4) is 0 Å². The lowest BCUT2D eigenvalue weighted by Gasteiger charge is -2.13. The van der Waals surface area contributed by atoms with Gasteiger partial charge in [-0.25, -0.2) is 4.98 Å². The fraction of sp³-hybridized carbons (Fsp3) is 0.308. The van der Waals surface area contributed by atoms with Crippen LogP contribution < -0.4 is 0 Å². The smallest absolute Gasteiger partial charge is 0.0897 e. The first-order chi connectivity index (χ1) is 8.20. The van der Waals surface area contributed by atoms with E-state index >= 15 is 0 Å². The van der Waals surface area contributed by atoms with Crippen molar-refractivity contribution >= 4 is 23.1 Å². The lowest BCUT2D eigenvalue weighted by Crippen LogP contribution is -2.03. The summed E-state index contributed by atoms with van der Waals surface area (Å²) in [5.41, 5.74) is 1.96. The molecule has 0 saturated heterocycles. The van der Waals surface area contributed by atoms with E-state index in [1.165, 1.54) is 0 Å². The summed E-state index contributed by atoms with van der Waals surface area (Å²) in [6, 6.07) is 7.98. The largest absolute Gasteiger partial charge is 0.388 e. The molecule has 0 amide bonds. The molecule has 2 nitrogen and oxygen atoms in total. The van der Waals surface area contributed by atoms with Crippen LogP contribution in [0.4, 0.5) is 0 Å². The van der Waals surface area contributed by atoms with Gasteiger partial charge in [-0.1, -0.05) is 18.2 Å². The molecule has 1 atom stereocenters. The Morgan fingerprint density at radius 1 is 1.41 bits per heavy atom. The normalized spacial score (nSPS) is 12.6. The van der Waals surface area contributed by atoms with E-state index in [9.17, 15) is 5.11 Å².